The summed E-state index contributed by atoms with van der Waals surface area (Å²) in [6.07, 6.45) is 1.36. The van der Waals surface area contributed by atoms with E-state index in [1.165, 1.54) is 24.2 Å². The highest BCUT2D eigenvalue weighted by Crippen LogP contribution is 2.22. The van der Waals surface area contributed by atoms with Crippen molar-refractivity contribution in [1.82, 2.24) is 5.43 Å². The largest absolute Gasteiger partial charge is 0.326 e. The molecule has 0 bridgehead atoms. The van der Waals surface area contributed by atoms with E-state index in [9.17, 15) is 14.4 Å². The third-order valence-electron chi connectivity index (χ3n) is 4.02. The van der Waals surface area contributed by atoms with Gasteiger partial charge in [0.15, 0.2) is 0 Å². The summed E-state index contributed by atoms with van der Waals surface area (Å²) in [6, 6.07) is 15.5. The molecule has 0 unspecified atom stereocenters. The molecule has 2 aromatic carbocycles. The molecule has 0 aliphatic carbocycles. The first-order valence-electron chi connectivity index (χ1n) is 8.61. The van der Waals surface area contributed by atoms with Gasteiger partial charge in [0.25, 0.3) is 11.8 Å². The number of anilines is 2. The Labute approximate surface area is 161 Å². The molecule has 1 heterocycles. The zero-order valence-corrected chi connectivity index (χ0v) is 15.4. The summed E-state index contributed by atoms with van der Waals surface area (Å²) >= 11 is 0. The standard InChI is InChI=1S/C20H19N5O3/c1-13-18(20(28)25(24-13)17-9-4-3-5-10-17)12-21-23-19(27)15-7-6-8-16(11-15)22-14(2)26/h3-12,18H,1-2H3,(H,22,26)(H,23,27)/b21-12+/t18-/m1/s1. The van der Waals surface area contributed by atoms with Crippen LogP contribution in [0.5, 0.6) is 0 Å². The van der Waals surface area contributed by atoms with Crippen molar-refractivity contribution in [1.29, 1.82) is 0 Å². The fraction of sp³-hybridized carbons (Fsp3) is 0.150. The van der Waals surface area contributed by atoms with Gasteiger partial charge in [0.1, 0.15) is 5.92 Å². The Hall–Kier alpha value is -3.81. The average molecular weight is 377 g/mol. The van der Waals surface area contributed by atoms with Gasteiger partial charge >= 0.3 is 0 Å². The van der Waals surface area contributed by atoms with E-state index in [2.05, 4.69) is 20.9 Å². The smallest absolute Gasteiger partial charge is 0.271 e. The first kappa shape index (κ1) is 19.0. The van der Waals surface area contributed by atoms with Crippen LogP contribution in [0.15, 0.2) is 64.8 Å². The molecular formula is C20H19N5O3. The van der Waals surface area contributed by atoms with Crippen LogP contribution < -0.4 is 15.8 Å². The van der Waals surface area contributed by atoms with E-state index in [0.29, 0.717) is 22.6 Å². The molecule has 8 nitrogen and oxygen atoms in total. The van der Waals surface area contributed by atoms with Crippen LogP contribution in [0, 0.1) is 5.92 Å². The van der Waals surface area contributed by atoms with Crippen molar-refractivity contribution in [3.8, 4) is 0 Å². The van der Waals surface area contributed by atoms with Gasteiger partial charge in [-0.3, -0.25) is 14.4 Å². The van der Waals surface area contributed by atoms with E-state index < -0.39 is 11.8 Å². The Bertz CT molecular complexity index is 969. The summed E-state index contributed by atoms with van der Waals surface area (Å²) in [5.74, 6) is -1.57. The van der Waals surface area contributed by atoms with Crippen LogP contribution in [0.4, 0.5) is 11.4 Å². The molecule has 0 aromatic heterocycles. The lowest BCUT2D eigenvalue weighted by Gasteiger charge is -2.12. The molecule has 0 spiro atoms. The van der Waals surface area contributed by atoms with Crippen LogP contribution in [-0.4, -0.2) is 29.6 Å². The molecular weight excluding hydrogens is 358 g/mol. The molecule has 0 saturated carbocycles. The number of para-hydroxylation sites is 1. The van der Waals surface area contributed by atoms with Crippen molar-refractivity contribution < 1.29 is 14.4 Å². The zero-order chi connectivity index (χ0) is 20.1. The van der Waals surface area contributed by atoms with Crippen LogP contribution in [0.2, 0.25) is 0 Å². The number of hydrogen-bond acceptors (Lipinski definition) is 5. The van der Waals surface area contributed by atoms with E-state index in [0.717, 1.165) is 0 Å². The van der Waals surface area contributed by atoms with Crippen molar-refractivity contribution in [3.63, 3.8) is 0 Å². The fourth-order valence-corrected chi connectivity index (χ4v) is 2.68. The number of carbonyl (C=O) groups is 3. The average Bonchev–Trinajstić information content (AvgIpc) is 2.96. The normalized spacial score (nSPS) is 16.2. The Kier molecular flexibility index (Phi) is 5.59. The number of hydrazone groups is 2. The van der Waals surface area contributed by atoms with Crippen molar-refractivity contribution in [3.05, 3.63) is 60.2 Å². The Morgan fingerprint density at radius 1 is 1.14 bits per heavy atom. The van der Waals surface area contributed by atoms with Gasteiger partial charge in [-0.15, -0.1) is 0 Å². The molecule has 0 saturated heterocycles. The van der Waals surface area contributed by atoms with Gasteiger partial charge in [-0.05, 0) is 37.3 Å². The number of nitrogens with zero attached hydrogens (tertiary/aromatic N) is 3. The molecule has 3 amide bonds. The molecule has 1 atom stereocenters. The SMILES string of the molecule is CC(=O)Nc1cccc(C(=O)N/N=C/[C@H]2C(=O)N(c3ccccc3)N=C2C)c1. The maximum Gasteiger partial charge on any atom is 0.271 e. The molecule has 0 fully saturated rings. The second-order valence-electron chi connectivity index (χ2n) is 6.19. The molecule has 0 radical (unpaired) electrons. The van der Waals surface area contributed by atoms with E-state index in [4.69, 9.17) is 0 Å². The molecule has 1 aliphatic rings. The first-order chi connectivity index (χ1) is 13.5. The minimum Gasteiger partial charge on any atom is -0.326 e. The van der Waals surface area contributed by atoms with Gasteiger partial charge in [0, 0.05) is 24.4 Å². The maximum atomic E-state index is 12.6. The lowest BCUT2D eigenvalue weighted by molar-refractivity contribution is -0.118. The number of hydrogen-bond donors (Lipinski definition) is 2. The molecule has 8 heteroatoms. The van der Waals surface area contributed by atoms with Crippen LogP contribution in [0.1, 0.15) is 24.2 Å². The third kappa shape index (κ3) is 4.29. The molecule has 1 aliphatic heterocycles. The minimum atomic E-state index is -0.647. The number of carbonyl (C=O) groups excluding carboxylic acids is 3. The van der Waals surface area contributed by atoms with Gasteiger partial charge in [0.05, 0.1) is 11.4 Å². The van der Waals surface area contributed by atoms with Gasteiger partial charge < -0.3 is 5.32 Å². The zero-order valence-electron chi connectivity index (χ0n) is 15.4. The van der Waals surface area contributed by atoms with Gasteiger partial charge in [-0.25, -0.2) is 5.43 Å². The second-order valence-corrected chi connectivity index (χ2v) is 6.19. The maximum absolute atomic E-state index is 12.6. The van der Waals surface area contributed by atoms with E-state index in [1.807, 2.05) is 18.2 Å². The highest BCUT2D eigenvalue weighted by Gasteiger charge is 2.33. The van der Waals surface area contributed by atoms with Crippen LogP contribution in [-0.2, 0) is 9.59 Å². The molecule has 142 valence electrons. The number of rotatable bonds is 5. The lowest BCUT2D eigenvalue weighted by Crippen LogP contribution is -2.29. The number of amides is 3. The summed E-state index contributed by atoms with van der Waals surface area (Å²) in [4.78, 5) is 35.9. The summed E-state index contributed by atoms with van der Waals surface area (Å²) in [7, 11) is 0. The highest BCUT2D eigenvalue weighted by atomic mass is 16.2. The predicted octanol–water partition coefficient (Wildman–Crippen LogP) is 2.40. The number of nitrogens with one attached hydrogen (secondary N) is 2. The second kappa shape index (κ2) is 8.26. The summed E-state index contributed by atoms with van der Waals surface area (Å²) < 4.78 is 0. The van der Waals surface area contributed by atoms with Gasteiger partial charge in [-0.2, -0.15) is 15.2 Å². The van der Waals surface area contributed by atoms with Crippen molar-refractivity contribution in [2.24, 2.45) is 16.1 Å². The van der Waals surface area contributed by atoms with E-state index in [1.54, 1.807) is 37.3 Å². The summed E-state index contributed by atoms with van der Waals surface area (Å²) in [5, 5.41) is 12.1. The highest BCUT2D eigenvalue weighted by molar-refractivity contribution is 6.23. The molecule has 2 aromatic rings. The van der Waals surface area contributed by atoms with Crippen LogP contribution in [0.3, 0.4) is 0 Å². The predicted molar refractivity (Wildman–Crippen MR) is 107 cm³/mol. The van der Waals surface area contributed by atoms with Crippen molar-refractivity contribution >= 4 is 41.0 Å². The van der Waals surface area contributed by atoms with Crippen LogP contribution >= 0.6 is 0 Å². The molecule has 3 rings (SSSR count). The minimum absolute atomic E-state index is 0.229. The molecule has 28 heavy (non-hydrogen) atoms. The monoisotopic (exact) mass is 377 g/mol. The first-order valence-corrected chi connectivity index (χ1v) is 8.61. The third-order valence-corrected chi connectivity index (χ3v) is 4.02. The molecule has 2 N–H and O–H groups in total. The fourth-order valence-electron chi connectivity index (χ4n) is 2.68. The van der Waals surface area contributed by atoms with Gasteiger partial charge in [-0.1, -0.05) is 24.3 Å². The lowest BCUT2D eigenvalue weighted by atomic mass is 10.1. The summed E-state index contributed by atoms with van der Waals surface area (Å²) in [5.41, 5.74) is 4.49. The number of benzene rings is 2. The van der Waals surface area contributed by atoms with Crippen molar-refractivity contribution in [2.75, 3.05) is 10.3 Å². The van der Waals surface area contributed by atoms with Crippen LogP contribution in [0.25, 0.3) is 0 Å². The van der Waals surface area contributed by atoms with Crippen molar-refractivity contribution in [2.45, 2.75) is 13.8 Å². The topological polar surface area (TPSA) is 103 Å². The Balaban J connectivity index is 1.65. The van der Waals surface area contributed by atoms with Gasteiger partial charge in [0.2, 0.25) is 5.91 Å². The Morgan fingerprint density at radius 2 is 1.89 bits per heavy atom. The Morgan fingerprint density at radius 3 is 2.61 bits per heavy atom. The quantitative estimate of drug-likeness (QED) is 0.618. The van der Waals surface area contributed by atoms with E-state index in [-0.39, 0.29) is 11.8 Å². The van der Waals surface area contributed by atoms with E-state index >= 15 is 0 Å². The summed E-state index contributed by atoms with van der Waals surface area (Å²) in [6.45, 7) is 3.12.